The Morgan fingerprint density at radius 2 is 1.71 bits per heavy atom. The lowest BCUT2D eigenvalue weighted by Gasteiger charge is -2.21. The lowest BCUT2D eigenvalue weighted by atomic mass is 10.2. The van der Waals surface area contributed by atoms with Crippen LogP contribution in [0.15, 0.2) is 24.3 Å². The number of benzene rings is 1. The van der Waals surface area contributed by atoms with Gasteiger partial charge in [-0.2, -0.15) is 0 Å². The molecule has 1 rings (SSSR count). The third-order valence-electron chi connectivity index (χ3n) is 3.25. The number of carboxylic acids is 1. The molecule has 0 aliphatic carbocycles. The van der Waals surface area contributed by atoms with Crippen LogP contribution in [0.1, 0.15) is 20.3 Å². The smallest absolute Gasteiger partial charge is 0.321 e. The highest BCUT2D eigenvalue weighted by atomic mass is 16.4. The molecule has 0 aliphatic heterocycles. The Morgan fingerprint density at radius 3 is 2.19 bits per heavy atom. The van der Waals surface area contributed by atoms with Crippen LogP contribution in [0.4, 0.5) is 16.2 Å². The van der Waals surface area contributed by atoms with Crippen molar-refractivity contribution in [1.82, 2.24) is 4.90 Å². The van der Waals surface area contributed by atoms with Crippen LogP contribution in [0.25, 0.3) is 0 Å². The van der Waals surface area contributed by atoms with Gasteiger partial charge in [0, 0.05) is 38.1 Å². The molecule has 0 saturated carbocycles. The molecule has 0 saturated heterocycles. The maximum atomic E-state index is 11.9. The van der Waals surface area contributed by atoms with E-state index in [1.54, 1.807) is 7.05 Å². The Labute approximate surface area is 125 Å². The average Bonchev–Trinajstić information content (AvgIpc) is 2.47. The Balaban J connectivity index is 2.58. The number of carbonyl (C=O) groups is 2. The van der Waals surface area contributed by atoms with Crippen LogP contribution < -0.4 is 10.2 Å². The van der Waals surface area contributed by atoms with Crippen molar-refractivity contribution in [2.45, 2.75) is 20.3 Å². The Hall–Kier alpha value is -2.24. The second kappa shape index (κ2) is 8.14. The van der Waals surface area contributed by atoms with Crippen molar-refractivity contribution < 1.29 is 14.7 Å². The average molecular weight is 293 g/mol. The summed E-state index contributed by atoms with van der Waals surface area (Å²) < 4.78 is 0. The predicted molar refractivity (Wildman–Crippen MR) is 83.9 cm³/mol. The first kappa shape index (κ1) is 16.8. The number of anilines is 2. The van der Waals surface area contributed by atoms with Gasteiger partial charge in [-0.05, 0) is 38.1 Å². The summed E-state index contributed by atoms with van der Waals surface area (Å²) in [5.74, 6) is -0.918. The van der Waals surface area contributed by atoms with E-state index < -0.39 is 5.97 Å². The number of nitrogens with one attached hydrogen (secondary N) is 1. The molecular formula is C15H23N3O3. The zero-order chi connectivity index (χ0) is 15.8. The highest BCUT2D eigenvalue weighted by Gasteiger charge is 2.10. The van der Waals surface area contributed by atoms with Crippen molar-refractivity contribution in [3.63, 3.8) is 0 Å². The number of hydrogen-bond acceptors (Lipinski definition) is 3. The highest BCUT2D eigenvalue weighted by Crippen LogP contribution is 2.17. The fourth-order valence-electron chi connectivity index (χ4n) is 1.93. The molecule has 6 nitrogen and oxygen atoms in total. The lowest BCUT2D eigenvalue weighted by molar-refractivity contribution is -0.137. The highest BCUT2D eigenvalue weighted by molar-refractivity contribution is 5.89. The van der Waals surface area contributed by atoms with Crippen molar-refractivity contribution in [2.75, 3.05) is 36.9 Å². The lowest BCUT2D eigenvalue weighted by Crippen LogP contribution is -2.33. The molecule has 0 unspecified atom stereocenters. The molecule has 0 radical (unpaired) electrons. The molecule has 0 fully saturated rings. The van der Waals surface area contributed by atoms with E-state index >= 15 is 0 Å². The monoisotopic (exact) mass is 293 g/mol. The molecule has 1 aromatic carbocycles. The van der Waals surface area contributed by atoms with Crippen LogP contribution >= 0.6 is 0 Å². The van der Waals surface area contributed by atoms with Crippen LogP contribution in [-0.4, -0.2) is 48.7 Å². The van der Waals surface area contributed by atoms with Crippen molar-refractivity contribution >= 4 is 23.4 Å². The quantitative estimate of drug-likeness (QED) is 0.810. The number of urea groups is 1. The van der Waals surface area contributed by atoms with Crippen LogP contribution in [0.2, 0.25) is 0 Å². The SMILES string of the molecule is CCN(CC)c1ccc(NC(=O)N(C)CCC(=O)O)cc1. The van der Waals surface area contributed by atoms with Crippen LogP contribution in [0.3, 0.4) is 0 Å². The van der Waals surface area contributed by atoms with Crippen molar-refractivity contribution in [3.05, 3.63) is 24.3 Å². The van der Waals surface area contributed by atoms with E-state index in [9.17, 15) is 9.59 Å². The third kappa shape index (κ3) is 5.33. The van der Waals surface area contributed by atoms with Gasteiger partial charge in [-0.15, -0.1) is 0 Å². The summed E-state index contributed by atoms with van der Waals surface area (Å²) in [5.41, 5.74) is 1.80. The van der Waals surface area contributed by atoms with Gasteiger partial charge < -0.3 is 20.2 Å². The van der Waals surface area contributed by atoms with E-state index in [-0.39, 0.29) is 19.0 Å². The summed E-state index contributed by atoms with van der Waals surface area (Å²) in [6.07, 6.45) is -0.0647. The van der Waals surface area contributed by atoms with Gasteiger partial charge in [0.25, 0.3) is 0 Å². The predicted octanol–water partition coefficient (Wildman–Crippen LogP) is 2.47. The van der Waals surface area contributed by atoms with Crippen LogP contribution in [-0.2, 0) is 4.79 Å². The van der Waals surface area contributed by atoms with E-state index in [0.717, 1.165) is 18.8 Å². The van der Waals surface area contributed by atoms with Gasteiger partial charge in [-0.25, -0.2) is 4.79 Å². The summed E-state index contributed by atoms with van der Waals surface area (Å²) in [4.78, 5) is 25.9. The first-order valence-electron chi connectivity index (χ1n) is 7.06. The maximum Gasteiger partial charge on any atom is 0.321 e. The molecule has 0 atom stereocenters. The summed E-state index contributed by atoms with van der Waals surface area (Å²) in [6, 6.07) is 7.29. The van der Waals surface area contributed by atoms with Gasteiger partial charge in [0.15, 0.2) is 0 Å². The standard InChI is InChI=1S/C15H23N3O3/c1-4-18(5-2)13-8-6-12(7-9-13)16-15(21)17(3)11-10-14(19)20/h6-9H,4-5,10-11H2,1-3H3,(H,16,21)(H,19,20). The number of amides is 2. The van der Waals surface area contributed by atoms with E-state index in [4.69, 9.17) is 5.11 Å². The number of rotatable bonds is 7. The molecule has 2 amide bonds. The molecule has 0 bridgehead atoms. The Kier molecular flexibility index (Phi) is 6.52. The maximum absolute atomic E-state index is 11.9. The van der Waals surface area contributed by atoms with Crippen molar-refractivity contribution in [1.29, 1.82) is 0 Å². The first-order chi connectivity index (χ1) is 9.97. The third-order valence-corrected chi connectivity index (χ3v) is 3.25. The van der Waals surface area contributed by atoms with E-state index in [1.165, 1.54) is 4.90 Å². The topological polar surface area (TPSA) is 72.9 Å². The van der Waals surface area contributed by atoms with Gasteiger partial charge >= 0.3 is 12.0 Å². The van der Waals surface area contributed by atoms with Crippen LogP contribution in [0.5, 0.6) is 0 Å². The number of hydrogen-bond donors (Lipinski definition) is 2. The van der Waals surface area contributed by atoms with Gasteiger partial charge in [0.2, 0.25) is 0 Å². The fourth-order valence-corrected chi connectivity index (χ4v) is 1.93. The summed E-state index contributed by atoms with van der Waals surface area (Å²) in [6.45, 7) is 6.23. The molecule has 0 aliphatic rings. The minimum atomic E-state index is -0.918. The number of carboxylic acid groups (broad SMARTS) is 1. The van der Waals surface area contributed by atoms with Gasteiger partial charge in [0.05, 0.1) is 6.42 Å². The molecule has 0 heterocycles. The van der Waals surface area contributed by atoms with E-state index in [2.05, 4.69) is 24.1 Å². The summed E-state index contributed by atoms with van der Waals surface area (Å²) in [5, 5.41) is 11.3. The molecule has 21 heavy (non-hydrogen) atoms. The molecule has 6 heteroatoms. The number of nitrogens with zero attached hydrogens (tertiary/aromatic N) is 2. The number of aliphatic carboxylic acids is 1. The van der Waals surface area contributed by atoms with Crippen molar-refractivity contribution in [3.8, 4) is 0 Å². The van der Waals surface area contributed by atoms with E-state index in [0.29, 0.717) is 5.69 Å². The molecule has 0 spiro atoms. The normalized spacial score (nSPS) is 10.0. The zero-order valence-electron chi connectivity index (χ0n) is 12.8. The van der Waals surface area contributed by atoms with Gasteiger partial charge in [0.1, 0.15) is 0 Å². The molecule has 0 aromatic heterocycles. The molecule has 116 valence electrons. The summed E-state index contributed by atoms with van der Waals surface area (Å²) in [7, 11) is 1.57. The van der Waals surface area contributed by atoms with Crippen LogP contribution in [0, 0.1) is 0 Å². The Morgan fingerprint density at radius 1 is 1.14 bits per heavy atom. The molecule has 2 N–H and O–H groups in total. The fraction of sp³-hybridized carbons (Fsp3) is 0.467. The largest absolute Gasteiger partial charge is 0.481 e. The minimum absolute atomic E-state index is 0.0647. The summed E-state index contributed by atoms with van der Waals surface area (Å²) >= 11 is 0. The second-order valence-electron chi connectivity index (χ2n) is 4.71. The molecule has 1 aromatic rings. The minimum Gasteiger partial charge on any atom is -0.481 e. The number of carbonyl (C=O) groups excluding carboxylic acids is 1. The zero-order valence-corrected chi connectivity index (χ0v) is 12.8. The van der Waals surface area contributed by atoms with Gasteiger partial charge in [-0.3, -0.25) is 4.79 Å². The van der Waals surface area contributed by atoms with Gasteiger partial charge in [-0.1, -0.05) is 0 Å². The molecular weight excluding hydrogens is 270 g/mol. The Bertz CT molecular complexity index is 470. The van der Waals surface area contributed by atoms with E-state index in [1.807, 2.05) is 24.3 Å². The second-order valence-corrected chi connectivity index (χ2v) is 4.71. The first-order valence-corrected chi connectivity index (χ1v) is 7.06. The van der Waals surface area contributed by atoms with Crippen molar-refractivity contribution in [2.24, 2.45) is 0 Å².